The van der Waals surface area contributed by atoms with E-state index in [0.29, 0.717) is 6.17 Å². The van der Waals surface area contributed by atoms with E-state index < -0.39 is 0 Å². The molecule has 0 aliphatic carbocycles. The minimum Gasteiger partial charge on any atom is -0.302 e. The quantitative estimate of drug-likeness (QED) is 0.584. The molecule has 2 heteroatoms. The van der Waals surface area contributed by atoms with E-state index in [9.17, 15) is 0 Å². The van der Waals surface area contributed by atoms with Gasteiger partial charge in [-0.25, -0.2) is 0 Å². The third-order valence-electron chi connectivity index (χ3n) is 1.16. The van der Waals surface area contributed by atoms with E-state index in [0.717, 1.165) is 6.54 Å². The average Bonchev–Trinajstić information content (AvgIpc) is 1.59. The van der Waals surface area contributed by atoms with E-state index in [2.05, 4.69) is 45.3 Å². The predicted molar refractivity (Wildman–Crippen MR) is 46.0 cm³/mol. The Bertz CT molecular complexity index is 83.7. The smallest absolute Gasteiger partial charge is 0.0546 e. The van der Waals surface area contributed by atoms with Crippen LogP contribution in [0.15, 0.2) is 0 Å². The summed E-state index contributed by atoms with van der Waals surface area (Å²) in [6, 6.07) is 0. The molecular weight excluding hydrogens is 124 g/mol. The predicted octanol–water partition coefficient (Wildman–Crippen LogP) is 1.33. The topological polar surface area (TPSA) is 24.1 Å². The summed E-state index contributed by atoms with van der Waals surface area (Å²) in [5, 5.41) is 6.70. The van der Waals surface area contributed by atoms with Crippen molar-refractivity contribution in [3.8, 4) is 0 Å². The van der Waals surface area contributed by atoms with Gasteiger partial charge in [-0.2, -0.15) is 0 Å². The van der Waals surface area contributed by atoms with Crippen LogP contribution in [0.4, 0.5) is 0 Å². The first kappa shape index (κ1) is 9.92. The lowest BCUT2D eigenvalue weighted by Gasteiger charge is -2.26. The van der Waals surface area contributed by atoms with Gasteiger partial charge in [0.1, 0.15) is 0 Å². The van der Waals surface area contributed by atoms with Gasteiger partial charge in [0.25, 0.3) is 0 Å². The molecule has 0 aromatic heterocycles. The molecule has 0 aliphatic heterocycles. The molecule has 0 heterocycles. The van der Waals surface area contributed by atoms with Crippen molar-refractivity contribution in [2.45, 2.75) is 46.3 Å². The van der Waals surface area contributed by atoms with E-state index in [1.807, 2.05) is 0 Å². The van der Waals surface area contributed by atoms with Crippen molar-refractivity contribution < 1.29 is 0 Å². The molecule has 2 nitrogen and oxygen atoms in total. The van der Waals surface area contributed by atoms with Crippen LogP contribution in [0.5, 0.6) is 0 Å². The summed E-state index contributed by atoms with van der Waals surface area (Å²) in [5.74, 6) is 0. The molecule has 0 aromatic carbocycles. The molecule has 0 aromatic rings. The van der Waals surface area contributed by atoms with E-state index in [1.54, 1.807) is 0 Å². The van der Waals surface area contributed by atoms with Crippen molar-refractivity contribution in [1.82, 2.24) is 10.6 Å². The zero-order valence-electron chi connectivity index (χ0n) is 7.78. The molecule has 2 N–H and O–H groups in total. The summed E-state index contributed by atoms with van der Waals surface area (Å²) in [6.45, 7) is 11.8. The summed E-state index contributed by atoms with van der Waals surface area (Å²) in [7, 11) is 0. The molecule has 0 spiro atoms. The Labute approximate surface area is 64.4 Å². The van der Waals surface area contributed by atoms with Gasteiger partial charge in [0.2, 0.25) is 0 Å². The highest BCUT2D eigenvalue weighted by atomic mass is 15.1. The Hall–Kier alpha value is -0.0800. The minimum atomic E-state index is 0.210. The van der Waals surface area contributed by atoms with Gasteiger partial charge in [-0.15, -0.1) is 0 Å². The van der Waals surface area contributed by atoms with Gasteiger partial charge in [-0.05, 0) is 34.2 Å². The zero-order chi connectivity index (χ0) is 8.20. The highest BCUT2D eigenvalue weighted by Gasteiger charge is 2.11. The number of hydrogen-bond acceptors (Lipinski definition) is 2. The van der Waals surface area contributed by atoms with Gasteiger partial charge >= 0.3 is 0 Å². The van der Waals surface area contributed by atoms with Crippen LogP contribution in [-0.4, -0.2) is 18.2 Å². The molecule has 1 atom stereocenters. The average molecular weight is 144 g/mol. The Kier molecular flexibility index (Phi) is 3.91. The zero-order valence-corrected chi connectivity index (χ0v) is 7.78. The number of rotatable bonds is 3. The van der Waals surface area contributed by atoms with Crippen LogP contribution in [0.2, 0.25) is 0 Å². The fourth-order valence-corrected chi connectivity index (χ4v) is 1.01. The highest BCUT2D eigenvalue weighted by molar-refractivity contribution is 4.73. The molecular formula is C8H20N2. The maximum absolute atomic E-state index is 3.41. The summed E-state index contributed by atoms with van der Waals surface area (Å²) in [6.07, 6.45) is 0.407. The van der Waals surface area contributed by atoms with Gasteiger partial charge in [0.15, 0.2) is 0 Å². The van der Waals surface area contributed by atoms with Crippen LogP contribution in [0, 0.1) is 0 Å². The Morgan fingerprint density at radius 1 is 1.30 bits per heavy atom. The van der Waals surface area contributed by atoms with E-state index in [1.165, 1.54) is 0 Å². The van der Waals surface area contributed by atoms with Gasteiger partial charge in [0, 0.05) is 5.54 Å². The lowest BCUT2D eigenvalue weighted by molar-refractivity contribution is 0.337. The van der Waals surface area contributed by atoms with Crippen molar-refractivity contribution in [2.75, 3.05) is 6.54 Å². The third-order valence-corrected chi connectivity index (χ3v) is 1.16. The van der Waals surface area contributed by atoms with Crippen molar-refractivity contribution >= 4 is 0 Å². The van der Waals surface area contributed by atoms with Crippen molar-refractivity contribution in [3.63, 3.8) is 0 Å². The van der Waals surface area contributed by atoms with Crippen LogP contribution < -0.4 is 10.6 Å². The molecule has 0 radical (unpaired) electrons. The second-order valence-corrected chi connectivity index (χ2v) is 3.67. The van der Waals surface area contributed by atoms with Gasteiger partial charge in [0.05, 0.1) is 6.17 Å². The second kappa shape index (κ2) is 3.94. The Morgan fingerprint density at radius 2 is 1.80 bits per heavy atom. The fourth-order valence-electron chi connectivity index (χ4n) is 1.01. The molecule has 0 amide bonds. The summed E-state index contributed by atoms with van der Waals surface area (Å²) in [5.41, 5.74) is 0.210. The number of hydrogen-bond donors (Lipinski definition) is 2. The third kappa shape index (κ3) is 6.05. The largest absolute Gasteiger partial charge is 0.302 e. The van der Waals surface area contributed by atoms with E-state index in [4.69, 9.17) is 0 Å². The molecule has 0 fully saturated rings. The molecule has 0 saturated heterocycles. The summed E-state index contributed by atoms with van der Waals surface area (Å²) >= 11 is 0. The first-order chi connectivity index (χ1) is 4.45. The van der Waals surface area contributed by atoms with Crippen LogP contribution in [0.3, 0.4) is 0 Å². The van der Waals surface area contributed by atoms with Crippen molar-refractivity contribution in [2.24, 2.45) is 0 Å². The van der Waals surface area contributed by atoms with E-state index in [-0.39, 0.29) is 5.54 Å². The molecule has 10 heavy (non-hydrogen) atoms. The molecule has 0 rings (SSSR count). The Morgan fingerprint density at radius 3 is 2.10 bits per heavy atom. The second-order valence-electron chi connectivity index (χ2n) is 3.67. The Balaban J connectivity index is 3.47. The van der Waals surface area contributed by atoms with Crippen LogP contribution in [0.25, 0.3) is 0 Å². The van der Waals surface area contributed by atoms with Crippen LogP contribution in [-0.2, 0) is 0 Å². The molecule has 0 aliphatic rings. The SMILES string of the molecule is CCNC(C)NC(C)(C)C. The highest BCUT2D eigenvalue weighted by Crippen LogP contribution is 1.98. The molecule has 62 valence electrons. The maximum Gasteiger partial charge on any atom is 0.0546 e. The standard InChI is InChI=1S/C8H20N2/c1-6-9-7(2)10-8(3,4)5/h7,9-10H,6H2,1-5H3. The monoisotopic (exact) mass is 144 g/mol. The van der Waals surface area contributed by atoms with E-state index >= 15 is 0 Å². The first-order valence-corrected chi connectivity index (χ1v) is 3.97. The molecule has 1 unspecified atom stereocenters. The number of nitrogens with one attached hydrogen (secondary N) is 2. The van der Waals surface area contributed by atoms with Gasteiger partial charge in [-0.3, -0.25) is 5.32 Å². The lowest BCUT2D eigenvalue weighted by Crippen LogP contribution is -2.49. The minimum absolute atomic E-state index is 0.210. The summed E-state index contributed by atoms with van der Waals surface area (Å²) < 4.78 is 0. The molecule has 0 saturated carbocycles. The fraction of sp³-hybridized carbons (Fsp3) is 1.00. The maximum atomic E-state index is 3.41. The van der Waals surface area contributed by atoms with Crippen LogP contribution in [0.1, 0.15) is 34.6 Å². The summed E-state index contributed by atoms with van der Waals surface area (Å²) in [4.78, 5) is 0. The lowest BCUT2D eigenvalue weighted by atomic mass is 10.1. The van der Waals surface area contributed by atoms with Gasteiger partial charge < -0.3 is 5.32 Å². The van der Waals surface area contributed by atoms with Gasteiger partial charge in [-0.1, -0.05) is 6.92 Å². The van der Waals surface area contributed by atoms with Crippen molar-refractivity contribution in [1.29, 1.82) is 0 Å². The normalized spacial score (nSPS) is 15.3. The van der Waals surface area contributed by atoms with Crippen molar-refractivity contribution in [3.05, 3.63) is 0 Å². The first-order valence-electron chi connectivity index (χ1n) is 3.97. The van der Waals surface area contributed by atoms with Crippen LogP contribution >= 0.6 is 0 Å². The molecule has 0 bridgehead atoms.